The van der Waals surface area contributed by atoms with Crippen LogP contribution in [-0.2, 0) is 11.3 Å². The largest absolute Gasteiger partial charge is 0.321 e. The van der Waals surface area contributed by atoms with Gasteiger partial charge in [0.05, 0.1) is 11.9 Å². The van der Waals surface area contributed by atoms with E-state index in [0.717, 1.165) is 46.2 Å². The molecule has 1 fully saturated rings. The topological polar surface area (TPSA) is 81.9 Å². The van der Waals surface area contributed by atoms with Crippen LogP contribution in [0.1, 0.15) is 61.9 Å². The summed E-state index contributed by atoms with van der Waals surface area (Å²) in [6.07, 6.45) is 6.47. The molecule has 3 heterocycles. The number of piperidine rings is 1. The van der Waals surface area contributed by atoms with Crippen LogP contribution in [0.25, 0.3) is 16.7 Å². The first-order valence-electron chi connectivity index (χ1n) is 13.2. The van der Waals surface area contributed by atoms with Crippen LogP contribution in [0.3, 0.4) is 0 Å². The molecule has 202 valence electrons. The number of hydrogen-bond acceptors (Lipinski definition) is 5. The number of hydrogen-bond donors (Lipinski definition) is 1. The Morgan fingerprint density at radius 3 is 2.54 bits per heavy atom. The second-order valence-corrected chi connectivity index (χ2v) is 10.1. The van der Waals surface area contributed by atoms with Gasteiger partial charge < -0.3 is 5.32 Å². The number of alkyl halides is 2. The summed E-state index contributed by atoms with van der Waals surface area (Å²) >= 11 is 0. The molecule has 39 heavy (non-hydrogen) atoms. The molecule has 0 spiro atoms. The second-order valence-electron chi connectivity index (χ2n) is 10.1. The number of likely N-dealkylation sites (tertiary alicyclic amines) is 1. The number of halogens is 2. The van der Waals surface area contributed by atoms with E-state index >= 15 is 0 Å². The number of allylic oxidation sites excluding steroid dienone is 1. The Kier molecular flexibility index (Phi) is 8.82. The van der Waals surface area contributed by atoms with Gasteiger partial charge in [-0.3, -0.25) is 14.7 Å². The van der Waals surface area contributed by atoms with Crippen LogP contribution in [0, 0.1) is 18.3 Å². The molecule has 3 aromatic rings. The van der Waals surface area contributed by atoms with Gasteiger partial charge >= 0.3 is 0 Å². The van der Waals surface area contributed by atoms with E-state index in [0.29, 0.717) is 30.9 Å². The van der Waals surface area contributed by atoms with E-state index in [2.05, 4.69) is 22.2 Å². The van der Waals surface area contributed by atoms with Crippen molar-refractivity contribution in [2.75, 3.05) is 18.4 Å². The number of nitrogens with one attached hydrogen (secondary N) is 1. The number of rotatable bonds is 8. The van der Waals surface area contributed by atoms with Crippen molar-refractivity contribution in [2.45, 2.75) is 58.9 Å². The lowest BCUT2D eigenvalue weighted by Crippen LogP contribution is -2.38. The molecule has 1 aromatic carbocycles. The Morgan fingerprint density at radius 1 is 1.10 bits per heavy atom. The molecule has 1 aliphatic heterocycles. The van der Waals surface area contributed by atoms with Gasteiger partial charge in [-0.1, -0.05) is 31.1 Å². The first kappa shape index (κ1) is 28.1. The summed E-state index contributed by atoms with van der Waals surface area (Å²) in [5.74, 6) is -2.81. The lowest BCUT2D eigenvalue weighted by Gasteiger charge is -2.31. The van der Waals surface area contributed by atoms with Crippen LogP contribution < -0.4 is 5.32 Å². The van der Waals surface area contributed by atoms with Gasteiger partial charge in [-0.05, 0) is 66.8 Å². The zero-order valence-corrected chi connectivity index (χ0v) is 22.6. The van der Waals surface area contributed by atoms with Crippen LogP contribution in [0.4, 0.5) is 14.5 Å². The molecule has 0 bridgehead atoms. The number of aromatic nitrogens is 2. The molecule has 2 aromatic heterocycles. The summed E-state index contributed by atoms with van der Waals surface area (Å²) in [7, 11) is 0. The van der Waals surface area contributed by atoms with E-state index in [-0.39, 0.29) is 24.4 Å². The van der Waals surface area contributed by atoms with Gasteiger partial charge in [0.1, 0.15) is 11.8 Å². The molecule has 6 nitrogen and oxygen atoms in total. The van der Waals surface area contributed by atoms with E-state index in [4.69, 9.17) is 5.26 Å². The number of aryl methyl sites for hydroxylation is 1. The fraction of sp³-hybridized carbons (Fsp3) is 0.355. The van der Waals surface area contributed by atoms with Crippen molar-refractivity contribution < 1.29 is 13.6 Å². The number of amides is 1. The first-order valence-corrected chi connectivity index (χ1v) is 13.2. The monoisotopic (exact) mass is 529 g/mol. The highest BCUT2D eigenvalue weighted by Gasteiger charge is 2.33. The highest BCUT2D eigenvalue weighted by Crippen LogP contribution is 2.32. The highest BCUT2D eigenvalue weighted by atomic mass is 19.3. The molecule has 0 atom stereocenters. The van der Waals surface area contributed by atoms with Crippen molar-refractivity contribution in [1.29, 1.82) is 5.26 Å². The first-order chi connectivity index (χ1) is 18.7. The van der Waals surface area contributed by atoms with Crippen LogP contribution in [0.2, 0.25) is 0 Å². The molecule has 0 saturated carbocycles. The number of nitriles is 1. The summed E-state index contributed by atoms with van der Waals surface area (Å²) in [4.78, 5) is 24.1. The van der Waals surface area contributed by atoms with Gasteiger partial charge in [-0.25, -0.2) is 13.8 Å². The predicted molar refractivity (Wildman–Crippen MR) is 149 cm³/mol. The Labute approximate surface area is 228 Å². The second kappa shape index (κ2) is 12.3. The lowest BCUT2D eigenvalue weighted by atomic mass is 9.91. The zero-order chi connectivity index (χ0) is 28.0. The normalized spacial score (nSPS) is 15.8. The van der Waals surface area contributed by atoms with Crippen molar-refractivity contribution in [1.82, 2.24) is 14.9 Å². The van der Waals surface area contributed by atoms with E-state index < -0.39 is 5.92 Å². The Bertz CT molecular complexity index is 1400. The number of pyridine rings is 2. The van der Waals surface area contributed by atoms with Crippen molar-refractivity contribution in [3.05, 3.63) is 82.9 Å². The fourth-order valence-electron chi connectivity index (χ4n) is 4.87. The van der Waals surface area contributed by atoms with Gasteiger partial charge in [0, 0.05) is 56.0 Å². The zero-order valence-electron chi connectivity index (χ0n) is 22.6. The van der Waals surface area contributed by atoms with E-state index in [1.807, 2.05) is 49.1 Å². The van der Waals surface area contributed by atoms with Crippen molar-refractivity contribution in [2.24, 2.45) is 0 Å². The number of carbonyl (C=O) groups is 1. The third kappa shape index (κ3) is 7.12. The third-order valence-electron chi connectivity index (χ3n) is 7.04. The summed E-state index contributed by atoms with van der Waals surface area (Å²) < 4.78 is 27.1. The van der Waals surface area contributed by atoms with Gasteiger partial charge in [0.25, 0.3) is 11.8 Å². The maximum absolute atomic E-state index is 13.6. The SMILES string of the molecule is CCC/C(C)=C(/C(=O)Nc1ccc(C#N)nc1)c1cc(-c2cncc(CN3CCC(F)(F)CC3)c2)ccc1C. The minimum Gasteiger partial charge on any atom is -0.321 e. The molecule has 0 aliphatic carbocycles. The molecule has 0 radical (unpaired) electrons. The van der Waals surface area contributed by atoms with E-state index in [1.54, 1.807) is 24.5 Å². The molecule has 1 amide bonds. The van der Waals surface area contributed by atoms with Gasteiger partial charge in [0.2, 0.25) is 0 Å². The standard InChI is InChI=1S/C31H33F2N5O/c1-4-5-22(3)29(30(39)37-27-9-8-26(16-34)36-19-27)28-15-24(7-6-21(28)2)25-14-23(17-35-18-25)20-38-12-10-31(32,33)11-13-38/h6-9,14-15,17-19H,4-5,10-13,20H2,1-3H3,(H,37,39)/b29-22+. The molecule has 1 N–H and O–H groups in total. The lowest BCUT2D eigenvalue weighted by molar-refractivity contribution is -0.111. The fourth-order valence-corrected chi connectivity index (χ4v) is 4.87. The summed E-state index contributed by atoms with van der Waals surface area (Å²) in [5.41, 5.74) is 6.97. The van der Waals surface area contributed by atoms with Crippen molar-refractivity contribution >= 4 is 17.2 Å². The molecular weight excluding hydrogens is 496 g/mol. The van der Waals surface area contributed by atoms with Crippen LogP contribution in [-0.4, -0.2) is 39.8 Å². The van der Waals surface area contributed by atoms with E-state index in [9.17, 15) is 13.6 Å². The van der Waals surface area contributed by atoms with Gasteiger partial charge in [0.15, 0.2) is 0 Å². The summed E-state index contributed by atoms with van der Waals surface area (Å²) in [6, 6.07) is 13.3. The third-order valence-corrected chi connectivity index (χ3v) is 7.04. The molecule has 0 unspecified atom stereocenters. The molecule has 1 saturated heterocycles. The molecule has 1 aliphatic rings. The van der Waals surface area contributed by atoms with Crippen LogP contribution in [0.5, 0.6) is 0 Å². The maximum atomic E-state index is 13.6. The van der Waals surface area contributed by atoms with Crippen molar-refractivity contribution in [3.8, 4) is 17.2 Å². The number of benzene rings is 1. The smallest absolute Gasteiger partial charge is 0.256 e. The van der Waals surface area contributed by atoms with Gasteiger partial charge in [-0.2, -0.15) is 5.26 Å². The van der Waals surface area contributed by atoms with Crippen molar-refractivity contribution in [3.63, 3.8) is 0 Å². The molecular formula is C31H33F2N5O. The predicted octanol–water partition coefficient (Wildman–Crippen LogP) is 6.77. The quantitative estimate of drug-likeness (QED) is 0.326. The average Bonchev–Trinajstić information content (AvgIpc) is 2.92. The number of carbonyl (C=O) groups excluding carboxylic acids is 1. The minimum absolute atomic E-state index is 0.117. The van der Waals surface area contributed by atoms with E-state index in [1.165, 1.54) is 6.20 Å². The Balaban J connectivity index is 1.62. The number of nitrogens with zero attached hydrogens (tertiary/aromatic N) is 4. The summed E-state index contributed by atoms with van der Waals surface area (Å²) in [5, 5.41) is 11.9. The maximum Gasteiger partial charge on any atom is 0.256 e. The van der Waals surface area contributed by atoms with Gasteiger partial charge in [-0.15, -0.1) is 0 Å². The minimum atomic E-state index is -2.57. The number of anilines is 1. The molecule has 4 rings (SSSR count). The highest BCUT2D eigenvalue weighted by molar-refractivity contribution is 6.26. The van der Waals surface area contributed by atoms with Crippen LogP contribution in [0.15, 0.2) is 60.6 Å². The Hall–Kier alpha value is -3.96. The van der Waals surface area contributed by atoms with Crippen LogP contribution >= 0.6 is 0 Å². The average molecular weight is 530 g/mol. The Morgan fingerprint density at radius 2 is 1.87 bits per heavy atom. The summed E-state index contributed by atoms with van der Waals surface area (Å²) in [6.45, 7) is 7.33. The molecule has 8 heteroatoms.